The molecule has 5 nitrogen and oxygen atoms in total. The third-order valence-corrected chi connectivity index (χ3v) is 4.70. The number of nitrogens with zero attached hydrogens (tertiary/aromatic N) is 3. The number of anilines is 1. The molecule has 0 saturated carbocycles. The minimum absolute atomic E-state index is 0.00966. The number of halogens is 3. The number of benzene rings is 1. The number of nitrogens with one attached hydrogen (secondary N) is 1. The van der Waals surface area contributed by atoms with Gasteiger partial charge in [0.05, 0.1) is 0 Å². The van der Waals surface area contributed by atoms with E-state index in [-0.39, 0.29) is 17.1 Å². The van der Waals surface area contributed by atoms with Crippen molar-refractivity contribution in [1.29, 1.82) is 0 Å². The van der Waals surface area contributed by atoms with Crippen LogP contribution in [0.3, 0.4) is 0 Å². The van der Waals surface area contributed by atoms with Gasteiger partial charge < -0.3 is 5.32 Å². The second-order valence-corrected chi connectivity index (χ2v) is 7.47. The molecule has 1 N–H and O–H groups in total. The lowest BCUT2D eigenvalue weighted by molar-refractivity contribution is -0.145. The molecule has 1 atom stereocenters. The van der Waals surface area contributed by atoms with Crippen molar-refractivity contribution < 1.29 is 18.0 Å². The summed E-state index contributed by atoms with van der Waals surface area (Å²) >= 11 is 0. The number of alkyl halides is 3. The van der Waals surface area contributed by atoms with Gasteiger partial charge in [0.2, 0.25) is 5.95 Å². The fourth-order valence-electron chi connectivity index (χ4n) is 3.67. The Morgan fingerprint density at radius 3 is 2.54 bits per heavy atom. The van der Waals surface area contributed by atoms with Gasteiger partial charge >= 0.3 is 6.18 Å². The summed E-state index contributed by atoms with van der Waals surface area (Å²) in [5.41, 5.74) is 1.55. The van der Waals surface area contributed by atoms with Crippen LogP contribution in [-0.4, -0.2) is 20.5 Å². The van der Waals surface area contributed by atoms with Crippen LogP contribution in [0.2, 0.25) is 0 Å². The molecular weight excluding hydrogens is 345 g/mol. The summed E-state index contributed by atoms with van der Waals surface area (Å²) in [6, 6.07) is 8.25. The van der Waals surface area contributed by atoms with Crippen LogP contribution in [0.15, 0.2) is 41.6 Å². The number of aromatic nitrogens is 3. The van der Waals surface area contributed by atoms with Gasteiger partial charge in [-0.1, -0.05) is 44.2 Å². The van der Waals surface area contributed by atoms with Gasteiger partial charge in [0.15, 0.2) is 5.78 Å². The smallest absolute Gasteiger partial charge is 0.328 e. The normalized spacial score (nSPS) is 21.9. The van der Waals surface area contributed by atoms with Crippen LogP contribution in [0.4, 0.5) is 19.1 Å². The molecule has 2 aromatic rings. The van der Waals surface area contributed by atoms with E-state index < -0.39 is 18.0 Å². The lowest BCUT2D eigenvalue weighted by atomic mass is 9.73. The van der Waals surface area contributed by atoms with Crippen molar-refractivity contribution in [3.63, 3.8) is 0 Å². The zero-order valence-corrected chi connectivity index (χ0v) is 14.3. The molecule has 0 fully saturated rings. The summed E-state index contributed by atoms with van der Waals surface area (Å²) < 4.78 is 40.6. The highest BCUT2D eigenvalue weighted by Gasteiger charge is 2.44. The Kier molecular flexibility index (Phi) is 3.51. The van der Waals surface area contributed by atoms with Crippen LogP contribution >= 0.6 is 0 Å². The number of allylic oxidation sites excluding steroid dienone is 2. The highest BCUT2D eigenvalue weighted by atomic mass is 19.4. The van der Waals surface area contributed by atoms with Gasteiger partial charge in [-0.2, -0.15) is 18.2 Å². The van der Waals surface area contributed by atoms with Gasteiger partial charge in [0, 0.05) is 17.7 Å². The first-order valence-electron chi connectivity index (χ1n) is 8.28. The van der Waals surface area contributed by atoms with Gasteiger partial charge in [0.25, 0.3) is 5.82 Å². The lowest BCUT2D eigenvalue weighted by Gasteiger charge is -2.38. The van der Waals surface area contributed by atoms with Gasteiger partial charge in [-0.05, 0) is 17.4 Å². The van der Waals surface area contributed by atoms with E-state index in [9.17, 15) is 18.0 Å². The maximum Gasteiger partial charge on any atom is 0.453 e. The first-order chi connectivity index (χ1) is 12.2. The van der Waals surface area contributed by atoms with Gasteiger partial charge in [-0.25, -0.2) is 4.68 Å². The second-order valence-electron chi connectivity index (χ2n) is 7.47. The molecule has 2 heterocycles. The Bertz CT molecular complexity index is 912. The van der Waals surface area contributed by atoms with Crippen LogP contribution in [0.1, 0.15) is 44.1 Å². The number of Topliss-reactive ketones (excluding diaryl/α,β-unsaturated/α-hetero) is 1. The highest BCUT2D eigenvalue weighted by molar-refractivity contribution is 6.00. The third-order valence-electron chi connectivity index (χ3n) is 4.70. The van der Waals surface area contributed by atoms with Crippen LogP contribution in [0, 0.1) is 5.41 Å². The highest BCUT2D eigenvalue weighted by Crippen LogP contribution is 2.45. The summed E-state index contributed by atoms with van der Waals surface area (Å²) in [6.07, 6.45) is -3.75. The van der Waals surface area contributed by atoms with E-state index >= 15 is 0 Å². The Hall–Kier alpha value is -2.64. The van der Waals surface area contributed by atoms with E-state index in [0.29, 0.717) is 29.7 Å². The number of hydrogen-bond donors (Lipinski definition) is 1. The van der Waals surface area contributed by atoms with Crippen LogP contribution < -0.4 is 5.32 Å². The number of carbonyl (C=O) groups excluding carboxylic acids is 1. The van der Waals surface area contributed by atoms with Gasteiger partial charge in [-0.3, -0.25) is 4.79 Å². The largest absolute Gasteiger partial charge is 0.453 e. The first kappa shape index (κ1) is 16.8. The SMILES string of the molecule is CC1(C)CC(=O)C2=C(C1)Nc1nc(C(F)(F)F)nn1[C@H]2c1ccccc1. The Labute approximate surface area is 147 Å². The standard InChI is InChI=1S/C18H17F3N4O/c1-17(2)8-11-13(12(26)9-17)14(10-6-4-3-5-7-10)25-16(22-11)23-15(24-25)18(19,20)21/h3-7,14H,8-9H2,1-2H3,(H,22,23,24)/t14-/m0/s1. The predicted molar refractivity (Wildman–Crippen MR) is 88.3 cm³/mol. The third kappa shape index (κ3) is 2.69. The molecule has 0 saturated heterocycles. The monoisotopic (exact) mass is 362 g/mol. The first-order valence-corrected chi connectivity index (χ1v) is 8.28. The van der Waals surface area contributed by atoms with E-state index in [1.807, 2.05) is 19.9 Å². The zero-order valence-electron chi connectivity index (χ0n) is 14.3. The fourth-order valence-corrected chi connectivity index (χ4v) is 3.67. The van der Waals surface area contributed by atoms with Crippen molar-refractivity contribution in [2.75, 3.05) is 5.32 Å². The second kappa shape index (κ2) is 5.43. The molecule has 1 aliphatic carbocycles. The molecule has 0 bridgehead atoms. The molecule has 0 unspecified atom stereocenters. The maximum absolute atomic E-state index is 13.1. The number of ketones is 1. The summed E-state index contributed by atoms with van der Waals surface area (Å²) in [5, 5.41) is 6.60. The summed E-state index contributed by atoms with van der Waals surface area (Å²) in [7, 11) is 0. The quantitative estimate of drug-likeness (QED) is 0.834. The molecule has 4 rings (SSSR count). The lowest BCUT2D eigenvalue weighted by Crippen LogP contribution is -2.36. The molecule has 0 spiro atoms. The van der Waals surface area contributed by atoms with Crippen LogP contribution in [-0.2, 0) is 11.0 Å². The van der Waals surface area contributed by atoms with Crippen molar-refractivity contribution in [1.82, 2.24) is 14.8 Å². The number of rotatable bonds is 1. The van der Waals surface area contributed by atoms with Gasteiger partial charge in [-0.15, -0.1) is 5.10 Å². The summed E-state index contributed by atoms with van der Waals surface area (Å²) in [5.74, 6) is -1.28. The molecule has 26 heavy (non-hydrogen) atoms. The van der Waals surface area contributed by atoms with Crippen LogP contribution in [0.25, 0.3) is 0 Å². The molecule has 1 aliphatic heterocycles. The number of carbonyl (C=O) groups is 1. The Balaban J connectivity index is 1.91. The Morgan fingerprint density at radius 1 is 1.19 bits per heavy atom. The van der Waals surface area contributed by atoms with Crippen LogP contribution in [0.5, 0.6) is 0 Å². The molecule has 0 radical (unpaired) electrons. The van der Waals surface area contributed by atoms with E-state index in [1.54, 1.807) is 24.3 Å². The average molecular weight is 362 g/mol. The van der Waals surface area contributed by atoms with Gasteiger partial charge in [0.1, 0.15) is 6.04 Å². The van der Waals surface area contributed by atoms with Crippen molar-refractivity contribution in [2.24, 2.45) is 5.41 Å². The predicted octanol–water partition coefficient (Wildman–Crippen LogP) is 3.96. The molecule has 1 aromatic carbocycles. The molecule has 2 aliphatic rings. The molecule has 136 valence electrons. The minimum atomic E-state index is -4.66. The van der Waals surface area contributed by atoms with Crippen molar-refractivity contribution >= 4 is 11.7 Å². The van der Waals surface area contributed by atoms with E-state index in [1.165, 1.54) is 4.68 Å². The summed E-state index contributed by atoms with van der Waals surface area (Å²) in [4.78, 5) is 16.5. The average Bonchev–Trinajstić information content (AvgIpc) is 2.96. The van der Waals surface area contributed by atoms with Crippen molar-refractivity contribution in [3.8, 4) is 0 Å². The van der Waals surface area contributed by atoms with Crippen molar-refractivity contribution in [2.45, 2.75) is 38.9 Å². The number of hydrogen-bond acceptors (Lipinski definition) is 4. The van der Waals surface area contributed by atoms with E-state index in [4.69, 9.17) is 0 Å². The molecule has 1 aromatic heterocycles. The topological polar surface area (TPSA) is 59.8 Å². The molecule has 8 heteroatoms. The Morgan fingerprint density at radius 2 is 1.88 bits per heavy atom. The minimum Gasteiger partial charge on any atom is -0.328 e. The summed E-state index contributed by atoms with van der Waals surface area (Å²) in [6.45, 7) is 3.93. The van der Waals surface area contributed by atoms with Crippen molar-refractivity contribution in [3.05, 3.63) is 53.0 Å². The number of fused-ring (bicyclic) bond motifs is 1. The molecular formula is C18H17F3N4O. The maximum atomic E-state index is 13.1. The van der Waals surface area contributed by atoms with E-state index in [0.717, 1.165) is 0 Å². The zero-order chi connectivity index (χ0) is 18.7. The fraction of sp³-hybridized carbons (Fsp3) is 0.389. The van der Waals surface area contributed by atoms with E-state index in [2.05, 4.69) is 15.4 Å². The molecule has 0 amide bonds.